The number of carbonyl (C=O) groups excluding carboxylic acids is 1. The van der Waals surface area contributed by atoms with Crippen LogP contribution in [-0.2, 0) is 19.0 Å². The summed E-state index contributed by atoms with van der Waals surface area (Å²) in [5.41, 5.74) is -1.70. The molecule has 1 aliphatic carbocycles. The largest absolute Gasteiger partial charge is 0.464 e. The Balaban J connectivity index is 2.15. The fourth-order valence-electron chi connectivity index (χ4n) is 3.07. The number of ether oxygens (including phenoxy) is 3. The zero-order valence-corrected chi connectivity index (χ0v) is 12.3. The summed E-state index contributed by atoms with van der Waals surface area (Å²) in [6, 6.07) is 0. The molecule has 0 radical (unpaired) electrons. The van der Waals surface area contributed by atoms with E-state index in [1.54, 1.807) is 6.92 Å². The lowest BCUT2D eigenvalue weighted by Crippen LogP contribution is -2.55. The van der Waals surface area contributed by atoms with Crippen molar-refractivity contribution in [2.75, 3.05) is 6.61 Å². The molecule has 1 heterocycles. The van der Waals surface area contributed by atoms with Gasteiger partial charge >= 0.3 is 5.97 Å². The van der Waals surface area contributed by atoms with Crippen LogP contribution in [0.2, 0.25) is 0 Å². The van der Waals surface area contributed by atoms with Gasteiger partial charge in [0.2, 0.25) is 0 Å². The first-order valence-corrected chi connectivity index (χ1v) is 7.33. The van der Waals surface area contributed by atoms with Gasteiger partial charge in [-0.1, -0.05) is 13.8 Å². The summed E-state index contributed by atoms with van der Waals surface area (Å²) in [6.07, 6.45) is -0.613. The monoisotopic (exact) mass is 288 g/mol. The first-order valence-electron chi connectivity index (χ1n) is 7.33. The van der Waals surface area contributed by atoms with Crippen LogP contribution in [0.3, 0.4) is 0 Å². The Hall–Kier alpha value is -0.690. The van der Waals surface area contributed by atoms with E-state index >= 15 is 0 Å². The average Bonchev–Trinajstić information content (AvgIpc) is 2.78. The van der Waals surface area contributed by atoms with Crippen LogP contribution in [0, 0.1) is 0 Å². The van der Waals surface area contributed by atoms with E-state index in [4.69, 9.17) is 14.2 Å². The quantitative estimate of drug-likeness (QED) is 0.742. The summed E-state index contributed by atoms with van der Waals surface area (Å²) in [6.45, 7) is 5.77. The highest BCUT2D eigenvalue weighted by Gasteiger charge is 2.57. The molecule has 1 saturated carbocycles. The highest BCUT2D eigenvalue weighted by molar-refractivity contribution is 5.79. The molecular formula is C14H24O6. The van der Waals surface area contributed by atoms with E-state index in [2.05, 4.69) is 0 Å². The number of carbonyl (C=O) groups is 1. The van der Waals surface area contributed by atoms with Crippen molar-refractivity contribution in [3.63, 3.8) is 0 Å². The second kappa shape index (κ2) is 5.60. The first kappa shape index (κ1) is 15.7. The molecule has 0 spiro atoms. The molecule has 0 aromatic rings. The van der Waals surface area contributed by atoms with Gasteiger partial charge < -0.3 is 24.4 Å². The number of aliphatic hydroxyl groups excluding tert-OH is 1. The smallest absolute Gasteiger partial charge is 0.338 e. The van der Waals surface area contributed by atoms with E-state index in [-0.39, 0.29) is 19.4 Å². The van der Waals surface area contributed by atoms with Crippen molar-refractivity contribution < 1.29 is 29.2 Å². The summed E-state index contributed by atoms with van der Waals surface area (Å²) in [7, 11) is 0. The maximum atomic E-state index is 11.9. The first-order chi connectivity index (χ1) is 9.39. The number of esters is 1. The standard InChI is InChI=1S/C14H24O6/c1-4-14(5-2)19-10-8-13(17,12(16)18-6-3)7-9(15)11(10)20-14/h9-11,15,17H,4-8H2,1-3H3. The molecule has 6 heteroatoms. The maximum absolute atomic E-state index is 11.9. The van der Waals surface area contributed by atoms with Gasteiger partial charge in [-0.3, -0.25) is 0 Å². The van der Waals surface area contributed by atoms with Crippen LogP contribution in [0.15, 0.2) is 0 Å². The van der Waals surface area contributed by atoms with Crippen LogP contribution in [0.25, 0.3) is 0 Å². The molecule has 1 saturated heterocycles. The second-order valence-electron chi connectivity index (χ2n) is 5.58. The SMILES string of the molecule is CCOC(=O)C1(O)CC(O)C2OC(CC)(CC)OC2C1. The van der Waals surface area contributed by atoms with E-state index in [0.717, 1.165) is 0 Å². The van der Waals surface area contributed by atoms with Crippen LogP contribution in [-0.4, -0.2) is 52.5 Å². The molecule has 6 nitrogen and oxygen atoms in total. The lowest BCUT2D eigenvalue weighted by molar-refractivity contribution is -0.184. The number of aliphatic hydroxyl groups is 2. The Kier molecular flexibility index (Phi) is 4.39. The molecule has 0 aromatic heterocycles. The second-order valence-corrected chi connectivity index (χ2v) is 5.58. The van der Waals surface area contributed by atoms with Gasteiger partial charge in [0.25, 0.3) is 0 Å². The van der Waals surface area contributed by atoms with Crippen LogP contribution >= 0.6 is 0 Å². The van der Waals surface area contributed by atoms with Crippen molar-refractivity contribution in [3.8, 4) is 0 Å². The van der Waals surface area contributed by atoms with Gasteiger partial charge in [0.15, 0.2) is 11.4 Å². The summed E-state index contributed by atoms with van der Waals surface area (Å²) < 4.78 is 16.6. The number of hydrogen-bond acceptors (Lipinski definition) is 6. The van der Waals surface area contributed by atoms with Gasteiger partial charge in [0, 0.05) is 12.8 Å². The molecular weight excluding hydrogens is 264 g/mol. The molecule has 1 aliphatic heterocycles. The van der Waals surface area contributed by atoms with Crippen molar-refractivity contribution in [2.24, 2.45) is 0 Å². The minimum Gasteiger partial charge on any atom is -0.464 e. The summed E-state index contributed by atoms with van der Waals surface area (Å²) in [5, 5.41) is 20.6. The van der Waals surface area contributed by atoms with E-state index < -0.39 is 35.7 Å². The molecule has 0 bridgehead atoms. The Labute approximate surface area is 119 Å². The van der Waals surface area contributed by atoms with Gasteiger partial charge in [-0.25, -0.2) is 4.79 Å². The molecule has 0 aromatic carbocycles. The summed E-state index contributed by atoms with van der Waals surface area (Å²) in [4.78, 5) is 11.9. The number of hydrogen-bond donors (Lipinski definition) is 2. The molecule has 2 fully saturated rings. The lowest BCUT2D eigenvalue weighted by atomic mass is 9.80. The van der Waals surface area contributed by atoms with Gasteiger partial charge in [0.1, 0.15) is 6.10 Å². The number of fused-ring (bicyclic) bond motifs is 1. The summed E-state index contributed by atoms with van der Waals surface area (Å²) in [5.74, 6) is -1.43. The molecule has 0 amide bonds. The third kappa shape index (κ3) is 2.57. The van der Waals surface area contributed by atoms with Crippen molar-refractivity contribution in [1.82, 2.24) is 0 Å². The predicted molar refractivity (Wildman–Crippen MR) is 69.9 cm³/mol. The van der Waals surface area contributed by atoms with E-state index in [1.807, 2.05) is 13.8 Å². The van der Waals surface area contributed by atoms with E-state index in [9.17, 15) is 15.0 Å². The molecule has 20 heavy (non-hydrogen) atoms. The summed E-state index contributed by atoms with van der Waals surface area (Å²) >= 11 is 0. The Bertz CT molecular complexity index is 367. The zero-order chi connectivity index (χ0) is 15.0. The molecule has 4 atom stereocenters. The molecule has 4 unspecified atom stereocenters. The lowest BCUT2D eigenvalue weighted by Gasteiger charge is -2.37. The van der Waals surface area contributed by atoms with Gasteiger partial charge in [0.05, 0.1) is 18.8 Å². The van der Waals surface area contributed by atoms with Gasteiger partial charge in [-0.05, 0) is 19.8 Å². The average molecular weight is 288 g/mol. The Morgan fingerprint density at radius 3 is 2.45 bits per heavy atom. The van der Waals surface area contributed by atoms with Crippen LogP contribution in [0.4, 0.5) is 0 Å². The fraction of sp³-hybridized carbons (Fsp3) is 0.929. The zero-order valence-electron chi connectivity index (χ0n) is 12.3. The highest BCUT2D eigenvalue weighted by atomic mass is 16.8. The highest BCUT2D eigenvalue weighted by Crippen LogP contribution is 2.43. The van der Waals surface area contributed by atoms with E-state index in [0.29, 0.717) is 12.8 Å². The Morgan fingerprint density at radius 2 is 1.90 bits per heavy atom. The predicted octanol–water partition coefficient (Wildman–Crippen LogP) is 0.736. The molecule has 2 N–H and O–H groups in total. The number of rotatable bonds is 4. The van der Waals surface area contributed by atoms with Crippen molar-refractivity contribution >= 4 is 5.97 Å². The minimum absolute atomic E-state index is 0.0835. The molecule has 2 aliphatic rings. The van der Waals surface area contributed by atoms with Crippen LogP contribution in [0.1, 0.15) is 46.5 Å². The van der Waals surface area contributed by atoms with Crippen molar-refractivity contribution in [1.29, 1.82) is 0 Å². The Morgan fingerprint density at radius 1 is 1.25 bits per heavy atom. The van der Waals surface area contributed by atoms with Gasteiger partial charge in [-0.2, -0.15) is 0 Å². The minimum atomic E-state index is -1.70. The third-order valence-corrected chi connectivity index (χ3v) is 4.28. The molecule has 116 valence electrons. The van der Waals surface area contributed by atoms with Crippen LogP contribution in [0.5, 0.6) is 0 Å². The van der Waals surface area contributed by atoms with Crippen molar-refractivity contribution in [3.05, 3.63) is 0 Å². The van der Waals surface area contributed by atoms with Crippen molar-refractivity contribution in [2.45, 2.75) is 76.2 Å². The van der Waals surface area contributed by atoms with Crippen LogP contribution < -0.4 is 0 Å². The fourth-order valence-corrected chi connectivity index (χ4v) is 3.07. The topological polar surface area (TPSA) is 85.2 Å². The third-order valence-electron chi connectivity index (χ3n) is 4.28. The van der Waals surface area contributed by atoms with Gasteiger partial charge in [-0.15, -0.1) is 0 Å². The molecule has 2 rings (SSSR count). The van der Waals surface area contributed by atoms with E-state index in [1.165, 1.54) is 0 Å². The maximum Gasteiger partial charge on any atom is 0.338 e. The normalized spacial score (nSPS) is 39.4.